The van der Waals surface area contributed by atoms with Crippen molar-refractivity contribution >= 4 is 33.4 Å². The third-order valence-electron chi connectivity index (χ3n) is 4.87. The molecule has 0 aliphatic rings. The van der Waals surface area contributed by atoms with Crippen molar-refractivity contribution < 1.29 is 24.5 Å². The van der Waals surface area contributed by atoms with Crippen molar-refractivity contribution in [2.45, 2.75) is 44.9 Å². The molecule has 0 bridgehead atoms. The number of aliphatic hydroxyl groups is 1. The second-order valence-electron chi connectivity index (χ2n) is 8.04. The second kappa shape index (κ2) is 10.5. The number of aliphatic carboxylic acids is 1. The van der Waals surface area contributed by atoms with Gasteiger partial charge in [0, 0.05) is 6.04 Å². The van der Waals surface area contributed by atoms with Crippen LogP contribution in [-0.4, -0.2) is 45.3 Å². The Morgan fingerprint density at radius 2 is 1.84 bits per heavy atom. The van der Waals surface area contributed by atoms with Gasteiger partial charge in [-0.3, -0.25) is 4.79 Å². The van der Waals surface area contributed by atoms with E-state index in [-0.39, 0.29) is 18.8 Å². The Hall–Kier alpha value is -3.01. The number of hydrogen-bond acceptors (Lipinski definition) is 7. The molecule has 1 aromatic heterocycles. The fraction of sp³-hybridized carbons (Fsp3) is 0.348. The summed E-state index contributed by atoms with van der Waals surface area (Å²) in [4.78, 5) is 28.0. The number of thiazole rings is 1. The number of carboxylic acids is 1. The predicted molar refractivity (Wildman–Crippen MR) is 123 cm³/mol. The number of carboxylic acid groups (broad SMARTS) is 1. The van der Waals surface area contributed by atoms with Gasteiger partial charge in [0.05, 0.1) is 10.2 Å². The van der Waals surface area contributed by atoms with Crippen LogP contribution in [0.3, 0.4) is 0 Å². The summed E-state index contributed by atoms with van der Waals surface area (Å²) in [6.45, 7) is 3.71. The van der Waals surface area contributed by atoms with Gasteiger partial charge in [-0.2, -0.15) is 0 Å². The topological polar surface area (TPSA) is 135 Å². The summed E-state index contributed by atoms with van der Waals surface area (Å²) >= 11 is 1.45. The van der Waals surface area contributed by atoms with Gasteiger partial charge in [-0.05, 0) is 48.6 Å². The Balaban J connectivity index is 1.56. The number of nitrogens with one attached hydrogen (secondary N) is 1. The zero-order valence-corrected chi connectivity index (χ0v) is 18.7. The fourth-order valence-electron chi connectivity index (χ4n) is 3.22. The van der Waals surface area contributed by atoms with E-state index in [1.165, 1.54) is 11.3 Å². The van der Waals surface area contributed by atoms with Crippen LogP contribution in [0.15, 0.2) is 48.5 Å². The Morgan fingerprint density at radius 3 is 2.47 bits per heavy atom. The maximum Gasteiger partial charge on any atom is 0.326 e. The number of aromatic nitrogens is 1. The Kier molecular flexibility index (Phi) is 7.79. The fourth-order valence-corrected chi connectivity index (χ4v) is 4.05. The first kappa shape index (κ1) is 23.6. The van der Waals surface area contributed by atoms with Crippen molar-refractivity contribution in [3.63, 3.8) is 0 Å². The summed E-state index contributed by atoms with van der Waals surface area (Å²) in [5.41, 5.74) is 7.69. The lowest BCUT2D eigenvalue weighted by Gasteiger charge is -2.22. The number of carbonyl (C=O) groups excluding carboxylic acids is 1. The molecule has 1 heterocycles. The van der Waals surface area contributed by atoms with Crippen LogP contribution < -0.4 is 15.8 Å². The van der Waals surface area contributed by atoms with Crippen LogP contribution in [0.1, 0.15) is 25.8 Å². The van der Waals surface area contributed by atoms with Crippen molar-refractivity contribution in [1.29, 1.82) is 0 Å². The summed E-state index contributed by atoms with van der Waals surface area (Å²) < 4.78 is 6.85. The molecule has 1 unspecified atom stereocenters. The molecule has 8 nitrogen and oxygen atoms in total. The van der Waals surface area contributed by atoms with Crippen molar-refractivity contribution in [3.05, 3.63) is 54.1 Å². The molecule has 3 atom stereocenters. The zero-order valence-electron chi connectivity index (χ0n) is 17.9. The lowest BCUT2D eigenvalue weighted by molar-refractivity contribution is -0.144. The first-order chi connectivity index (χ1) is 15.2. The van der Waals surface area contributed by atoms with Gasteiger partial charge in [0.15, 0.2) is 0 Å². The summed E-state index contributed by atoms with van der Waals surface area (Å²) in [6.07, 6.45) is -1.03. The molecule has 0 fully saturated rings. The number of ether oxygens (including phenoxy) is 1. The molecule has 0 spiro atoms. The lowest BCUT2D eigenvalue weighted by Crippen LogP contribution is -2.52. The maximum absolute atomic E-state index is 12.3. The van der Waals surface area contributed by atoms with E-state index in [4.69, 9.17) is 10.5 Å². The molecule has 170 valence electrons. The average molecular weight is 458 g/mol. The van der Waals surface area contributed by atoms with Crippen LogP contribution in [-0.2, 0) is 16.0 Å². The first-order valence-electron chi connectivity index (χ1n) is 10.3. The zero-order chi connectivity index (χ0) is 23.3. The molecule has 1 amide bonds. The monoisotopic (exact) mass is 457 g/mol. The smallest absolute Gasteiger partial charge is 0.326 e. The van der Waals surface area contributed by atoms with Crippen molar-refractivity contribution in [1.82, 2.24) is 10.3 Å². The minimum absolute atomic E-state index is 0.0747. The number of benzene rings is 2. The van der Waals surface area contributed by atoms with E-state index in [9.17, 15) is 19.8 Å². The third-order valence-corrected chi connectivity index (χ3v) is 5.78. The van der Waals surface area contributed by atoms with E-state index in [0.717, 1.165) is 15.8 Å². The van der Waals surface area contributed by atoms with Gasteiger partial charge >= 0.3 is 5.97 Å². The van der Waals surface area contributed by atoms with Crippen LogP contribution in [0, 0.1) is 5.92 Å². The SMILES string of the molecule is CC(C)CC(NC(=O)[C@@H](O)[C@H](N)Cc1ccc(Oc2nc3ccccc3s2)cc1)C(=O)O. The summed E-state index contributed by atoms with van der Waals surface area (Å²) in [7, 11) is 0. The van der Waals surface area contributed by atoms with Crippen LogP contribution in [0.5, 0.6) is 10.9 Å². The third kappa shape index (κ3) is 6.25. The highest BCUT2D eigenvalue weighted by Crippen LogP contribution is 2.31. The van der Waals surface area contributed by atoms with Crippen molar-refractivity contribution in [2.24, 2.45) is 11.7 Å². The standard InChI is InChI=1S/C23H27N3O5S/c1-13(2)11-18(22(29)30)25-21(28)20(27)16(24)12-14-7-9-15(10-8-14)31-23-26-17-5-3-4-6-19(17)32-23/h3-10,13,16,18,20,27H,11-12,24H2,1-2H3,(H,25,28)(H,29,30)/t16-,18?,20+/m1/s1. The number of nitrogens with two attached hydrogens (primary N) is 1. The van der Waals surface area contributed by atoms with Crippen LogP contribution in [0.2, 0.25) is 0 Å². The van der Waals surface area contributed by atoms with Crippen molar-refractivity contribution in [3.8, 4) is 10.9 Å². The number of rotatable bonds is 10. The molecular weight excluding hydrogens is 430 g/mol. The molecule has 0 radical (unpaired) electrons. The molecule has 3 aromatic rings. The van der Waals surface area contributed by atoms with Gasteiger partial charge in [-0.25, -0.2) is 9.78 Å². The van der Waals surface area contributed by atoms with Gasteiger partial charge in [-0.1, -0.05) is 49.4 Å². The number of fused-ring (bicyclic) bond motifs is 1. The Bertz CT molecular complexity index is 1030. The van der Waals surface area contributed by atoms with E-state index in [1.807, 2.05) is 38.1 Å². The van der Waals surface area contributed by atoms with Gasteiger partial charge < -0.3 is 26.0 Å². The number of carbonyl (C=O) groups is 2. The van der Waals surface area contributed by atoms with E-state index >= 15 is 0 Å². The van der Waals surface area contributed by atoms with E-state index in [2.05, 4.69) is 10.3 Å². The van der Waals surface area contributed by atoms with Gasteiger partial charge in [0.25, 0.3) is 11.1 Å². The molecule has 0 aliphatic carbocycles. The molecule has 0 aliphatic heterocycles. The predicted octanol–water partition coefficient (Wildman–Crippen LogP) is 2.93. The minimum atomic E-state index is -1.53. The Labute approximate surface area is 190 Å². The van der Waals surface area contributed by atoms with Gasteiger partial charge in [-0.15, -0.1) is 0 Å². The molecule has 9 heteroatoms. The Morgan fingerprint density at radius 1 is 1.16 bits per heavy atom. The van der Waals surface area contributed by atoms with Crippen LogP contribution in [0.25, 0.3) is 10.2 Å². The lowest BCUT2D eigenvalue weighted by atomic mass is 10.00. The molecular formula is C23H27N3O5S. The van der Waals surface area contributed by atoms with E-state index in [1.54, 1.807) is 24.3 Å². The first-order valence-corrected chi connectivity index (χ1v) is 11.1. The van der Waals surface area contributed by atoms with Crippen LogP contribution in [0.4, 0.5) is 0 Å². The normalized spacial score (nSPS) is 14.2. The average Bonchev–Trinajstić information content (AvgIpc) is 3.15. The number of amides is 1. The molecule has 0 saturated heterocycles. The summed E-state index contributed by atoms with van der Waals surface area (Å²) in [5, 5.41) is 22.4. The highest BCUT2D eigenvalue weighted by atomic mass is 32.1. The van der Waals surface area contributed by atoms with Crippen molar-refractivity contribution in [2.75, 3.05) is 0 Å². The highest BCUT2D eigenvalue weighted by Gasteiger charge is 2.28. The molecule has 0 saturated carbocycles. The maximum atomic E-state index is 12.3. The van der Waals surface area contributed by atoms with Gasteiger partial charge in [0.1, 0.15) is 17.9 Å². The largest absolute Gasteiger partial charge is 0.480 e. The van der Waals surface area contributed by atoms with Crippen LogP contribution >= 0.6 is 11.3 Å². The molecule has 5 N–H and O–H groups in total. The minimum Gasteiger partial charge on any atom is -0.480 e. The molecule has 32 heavy (non-hydrogen) atoms. The number of aliphatic hydroxyl groups excluding tert-OH is 1. The quantitative estimate of drug-likeness (QED) is 0.368. The highest BCUT2D eigenvalue weighted by molar-refractivity contribution is 7.20. The number of para-hydroxylation sites is 1. The van der Waals surface area contributed by atoms with E-state index in [0.29, 0.717) is 10.9 Å². The molecule has 3 rings (SSSR count). The summed E-state index contributed by atoms with van der Waals surface area (Å²) in [5.74, 6) is -1.25. The molecule has 2 aromatic carbocycles. The summed E-state index contributed by atoms with van der Waals surface area (Å²) in [6, 6.07) is 12.9. The number of hydrogen-bond donors (Lipinski definition) is 4. The second-order valence-corrected chi connectivity index (χ2v) is 9.03. The number of nitrogens with zero attached hydrogens (tertiary/aromatic N) is 1. The van der Waals surface area contributed by atoms with E-state index < -0.39 is 30.1 Å². The van der Waals surface area contributed by atoms with Gasteiger partial charge in [0.2, 0.25) is 0 Å².